The third-order valence-electron chi connectivity index (χ3n) is 2.32. The first-order chi connectivity index (χ1) is 7.81. The maximum absolute atomic E-state index is 10.0. The molecule has 0 aliphatic rings. The summed E-state index contributed by atoms with van der Waals surface area (Å²) in [5, 5.41) is 10.0. The summed E-state index contributed by atoms with van der Waals surface area (Å²) in [5.74, 6) is 1.64. The van der Waals surface area contributed by atoms with Crippen LogP contribution in [-0.2, 0) is 0 Å². The minimum Gasteiger partial charge on any atom is -0.466 e. The van der Waals surface area contributed by atoms with E-state index in [0.717, 1.165) is 11.3 Å². The van der Waals surface area contributed by atoms with Crippen LogP contribution in [0.15, 0.2) is 52.0 Å². The maximum Gasteiger partial charge on any atom is 0.137 e. The fraction of sp³-hybridized carbons (Fsp3) is 0.231. The fourth-order valence-electron chi connectivity index (χ4n) is 1.52. The minimum absolute atomic E-state index is 0.580. The highest BCUT2D eigenvalue weighted by Crippen LogP contribution is 2.25. The summed E-state index contributed by atoms with van der Waals surface area (Å²) >= 11 is 1.79. The standard InChI is InChI=1S/C13H14O2S/c1-2-16-11-7-5-10(6-8-11)13(14)12-4-3-9-15-12/h3-9,13-14H,2H2,1H3/t13-/m1/s1. The SMILES string of the molecule is CCSc1ccc([C@@H](O)c2ccco2)cc1. The lowest BCUT2D eigenvalue weighted by molar-refractivity contribution is 0.189. The van der Waals surface area contributed by atoms with Crippen LogP contribution in [0.4, 0.5) is 0 Å². The molecule has 1 N–H and O–H groups in total. The topological polar surface area (TPSA) is 33.4 Å². The van der Waals surface area contributed by atoms with E-state index in [1.54, 1.807) is 30.2 Å². The molecule has 0 aliphatic carbocycles. The molecule has 0 aliphatic heterocycles. The van der Waals surface area contributed by atoms with E-state index in [-0.39, 0.29) is 0 Å². The number of hydrogen-bond donors (Lipinski definition) is 1. The number of hydrogen-bond acceptors (Lipinski definition) is 3. The molecule has 0 radical (unpaired) electrons. The first-order valence-electron chi connectivity index (χ1n) is 5.25. The van der Waals surface area contributed by atoms with Gasteiger partial charge in [0.05, 0.1) is 6.26 Å². The highest BCUT2D eigenvalue weighted by molar-refractivity contribution is 7.99. The lowest BCUT2D eigenvalue weighted by Crippen LogP contribution is -1.97. The molecule has 84 valence electrons. The van der Waals surface area contributed by atoms with Gasteiger partial charge in [0.15, 0.2) is 0 Å². The molecular weight excluding hydrogens is 220 g/mol. The van der Waals surface area contributed by atoms with Gasteiger partial charge in [0.1, 0.15) is 11.9 Å². The fourth-order valence-corrected chi connectivity index (χ4v) is 2.19. The van der Waals surface area contributed by atoms with Gasteiger partial charge in [-0.3, -0.25) is 0 Å². The Morgan fingerprint density at radius 1 is 1.25 bits per heavy atom. The number of furan rings is 1. The highest BCUT2D eigenvalue weighted by atomic mass is 32.2. The van der Waals surface area contributed by atoms with E-state index in [2.05, 4.69) is 6.92 Å². The van der Waals surface area contributed by atoms with Gasteiger partial charge in [-0.2, -0.15) is 0 Å². The van der Waals surface area contributed by atoms with Crippen LogP contribution >= 0.6 is 11.8 Å². The van der Waals surface area contributed by atoms with Crippen LogP contribution in [0.3, 0.4) is 0 Å². The van der Waals surface area contributed by atoms with Crippen LogP contribution in [0.2, 0.25) is 0 Å². The van der Waals surface area contributed by atoms with Crippen LogP contribution in [0, 0.1) is 0 Å². The Labute approximate surface area is 99.3 Å². The molecule has 2 aromatic rings. The lowest BCUT2D eigenvalue weighted by atomic mass is 10.1. The molecule has 0 saturated heterocycles. The molecule has 2 rings (SSSR count). The Morgan fingerprint density at radius 2 is 2.00 bits per heavy atom. The second-order valence-electron chi connectivity index (χ2n) is 3.42. The quantitative estimate of drug-likeness (QED) is 0.822. The van der Waals surface area contributed by atoms with E-state index in [4.69, 9.17) is 4.42 Å². The molecular formula is C13H14O2S. The first-order valence-corrected chi connectivity index (χ1v) is 6.24. The van der Waals surface area contributed by atoms with Gasteiger partial charge in [-0.05, 0) is 35.6 Å². The van der Waals surface area contributed by atoms with E-state index in [1.807, 2.05) is 24.3 Å². The highest BCUT2D eigenvalue weighted by Gasteiger charge is 2.12. The zero-order valence-corrected chi connectivity index (χ0v) is 9.91. The van der Waals surface area contributed by atoms with E-state index in [1.165, 1.54) is 4.90 Å². The van der Waals surface area contributed by atoms with Crippen molar-refractivity contribution in [3.05, 3.63) is 54.0 Å². The lowest BCUT2D eigenvalue weighted by Gasteiger charge is -2.08. The third kappa shape index (κ3) is 2.49. The summed E-state index contributed by atoms with van der Waals surface area (Å²) in [6.07, 6.45) is 0.899. The van der Waals surface area contributed by atoms with Crippen LogP contribution in [0.5, 0.6) is 0 Å². The van der Waals surface area contributed by atoms with E-state index >= 15 is 0 Å². The van der Waals surface area contributed by atoms with E-state index in [0.29, 0.717) is 5.76 Å². The van der Waals surface area contributed by atoms with Gasteiger partial charge in [0.2, 0.25) is 0 Å². The van der Waals surface area contributed by atoms with Crippen molar-refractivity contribution < 1.29 is 9.52 Å². The van der Waals surface area contributed by atoms with Gasteiger partial charge in [0.25, 0.3) is 0 Å². The van der Waals surface area contributed by atoms with Crippen LogP contribution < -0.4 is 0 Å². The normalized spacial score (nSPS) is 12.6. The molecule has 2 nitrogen and oxygen atoms in total. The minimum atomic E-state index is -0.671. The predicted octanol–water partition coefficient (Wildman–Crippen LogP) is 3.47. The van der Waals surface area contributed by atoms with Crippen molar-refractivity contribution in [2.45, 2.75) is 17.9 Å². The number of thioether (sulfide) groups is 1. The van der Waals surface area contributed by atoms with Crippen LogP contribution in [-0.4, -0.2) is 10.9 Å². The van der Waals surface area contributed by atoms with Crippen molar-refractivity contribution in [1.82, 2.24) is 0 Å². The Morgan fingerprint density at radius 3 is 2.56 bits per heavy atom. The molecule has 0 saturated carbocycles. The van der Waals surface area contributed by atoms with E-state index in [9.17, 15) is 5.11 Å². The third-order valence-corrected chi connectivity index (χ3v) is 3.21. The molecule has 16 heavy (non-hydrogen) atoms. The Balaban J connectivity index is 2.15. The molecule has 0 bridgehead atoms. The summed E-state index contributed by atoms with van der Waals surface area (Å²) in [6, 6.07) is 11.5. The number of aliphatic hydroxyl groups is 1. The molecule has 0 unspecified atom stereocenters. The van der Waals surface area contributed by atoms with Crippen molar-refractivity contribution in [1.29, 1.82) is 0 Å². The largest absolute Gasteiger partial charge is 0.466 e. The van der Waals surface area contributed by atoms with Gasteiger partial charge < -0.3 is 9.52 Å². The maximum atomic E-state index is 10.0. The van der Waals surface area contributed by atoms with Crippen molar-refractivity contribution >= 4 is 11.8 Å². The molecule has 0 spiro atoms. The summed E-state index contributed by atoms with van der Waals surface area (Å²) in [5.41, 5.74) is 0.857. The summed E-state index contributed by atoms with van der Waals surface area (Å²) in [6.45, 7) is 2.12. The number of aliphatic hydroxyl groups excluding tert-OH is 1. The molecule has 1 aromatic heterocycles. The first kappa shape index (κ1) is 11.3. The van der Waals surface area contributed by atoms with Gasteiger partial charge >= 0.3 is 0 Å². The van der Waals surface area contributed by atoms with Crippen LogP contribution in [0.1, 0.15) is 24.4 Å². The zero-order valence-electron chi connectivity index (χ0n) is 9.09. The Kier molecular flexibility index (Phi) is 3.70. The smallest absolute Gasteiger partial charge is 0.137 e. The van der Waals surface area contributed by atoms with Crippen molar-refractivity contribution in [3.63, 3.8) is 0 Å². The van der Waals surface area contributed by atoms with Crippen molar-refractivity contribution in [2.75, 3.05) is 5.75 Å². The summed E-state index contributed by atoms with van der Waals surface area (Å²) < 4.78 is 5.17. The number of rotatable bonds is 4. The monoisotopic (exact) mass is 234 g/mol. The van der Waals surface area contributed by atoms with Gasteiger partial charge in [-0.1, -0.05) is 19.1 Å². The average Bonchev–Trinajstić information content (AvgIpc) is 2.83. The van der Waals surface area contributed by atoms with Crippen molar-refractivity contribution in [3.8, 4) is 0 Å². The van der Waals surface area contributed by atoms with E-state index < -0.39 is 6.10 Å². The molecule has 1 aromatic carbocycles. The van der Waals surface area contributed by atoms with Gasteiger partial charge in [0, 0.05) is 4.90 Å². The second kappa shape index (κ2) is 5.23. The molecule has 1 atom stereocenters. The molecule has 1 heterocycles. The van der Waals surface area contributed by atoms with Crippen molar-refractivity contribution in [2.24, 2.45) is 0 Å². The molecule has 0 amide bonds. The summed E-state index contributed by atoms with van der Waals surface area (Å²) in [7, 11) is 0. The van der Waals surface area contributed by atoms with Gasteiger partial charge in [-0.25, -0.2) is 0 Å². The number of benzene rings is 1. The molecule has 3 heteroatoms. The zero-order chi connectivity index (χ0) is 11.4. The van der Waals surface area contributed by atoms with Gasteiger partial charge in [-0.15, -0.1) is 11.8 Å². The summed E-state index contributed by atoms with van der Waals surface area (Å²) in [4.78, 5) is 1.22. The Hall–Kier alpha value is -1.19. The molecule has 0 fully saturated rings. The van der Waals surface area contributed by atoms with Crippen LogP contribution in [0.25, 0.3) is 0 Å². The predicted molar refractivity (Wildman–Crippen MR) is 65.6 cm³/mol. The second-order valence-corrected chi connectivity index (χ2v) is 4.76. The Bertz CT molecular complexity index is 420. The average molecular weight is 234 g/mol.